The van der Waals surface area contributed by atoms with E-state index < -0.39 is 0 Å². The lowest BCUT2D eigenvalue weighted by Crippen LogP contribution is -2.43. The summed E-state index contributed by atoms with van der Waals surface area (Å²) in [5, 5.41) is 0. The van der Waals surface area contributed by atoms with E-state index in [0.717, 1.165) is 40.2 Å². The summed E-state index contributed by atoms with van der Waals surface area (Å²) in [7, 11) is 1.71. The second-order valence-corrected chi connectivity index (χ2v) is 6.71. The van der Waals surface area contributed by atoms with Crippen LogP contribution in [0.25, 0.3) is 11.1 Å². The van der Waals surface area contributed by atoms with E-state index in [4.69, 9.17) is 14.2 Å². The third-order valence-electron chi connectivity index (χ3n) is 5.52. The Balaban J connectivity index is 1.87. The highest BCUT2D eigenvalue weighted by molar-refractivity contribution is 5.86. The van der Waals surface area contributed by atoms with E-state index in [-0.39, 0.29) is 24.8 Å². The third kappa shape index (κ3) is 1.90. The lowest BCUT2D eigenvalue weighted by atomic mass is 9.75. The summed E-state index contributed by atoms with van der Waals surface area (Å²) in [5.41, 5.74) is 5.62. The van der Waals surface area contributed by atoms with Crippen LogP contribution < -0.4 is 9.47 Å². The monoisotopic (exact) mass is 337 g/mol. The van der Waals surface area contributed by atoms with Gasteiger partial charge in [0.1, 0.15) is 6.10 Å². The van der Waals surface area contributed by atoms with Crippen molar-refractivity contribution >= 4 is 5.91 Å². The van der Waals surface area contributed by atoms with Crippen LogP contribution in [0.3, 0.4) is 0 Å². The summed E-state index contributed by atoms with van der Waals surface area (Å²) in [6.45, 7) is 2.56. The Labute approximate surface area is 146 Å². The molecule has 0 saturated carbocycles. The molecule has 25 heavy (non-hydrogen) atoms. The lowest BCUT2D eigenvalue weighted by molar-refractivity contribution is -0.135. The summed E-state index contributed by atoms with van der Waals surface area (Å²) in [4.78, 5) is 14.3. The van der Waals surface area contributed by atoms with Crippen molar-refractivity contribution in [2.75, 3.05) is 20.4 Å². The number of hydrogen-bond donors (Lipinski definition) is 0. The minimum atomic E-state index is -0.188. The van der Waals surface area contributed by atoms with Gasteiger partial charge in [0.2, 0.25) is 12.7 Å². The van der Waals surface area contributed by atoms with E-state index in [0.29, 0.717) is 6.54 Å². The Hall–Kier alpha value is -2.53. The summed E-state index contributed by atoms with van der Waals surface area (Å²) >= 11 is 0. The molecule has 0 radical (unpaired) electrons. The molecule has 2 unspecified atom stereocenters. The lowest BCUT2D eigenvalue weighted by Gasteiger charge is -2.45. The minimum absolute atomic E-state index is 0.0701. The molecule has 128 valence electrons. The average molecular weight is 337 g/mol. The number of rotatable bonds is 1. The Morgan fingerprint density at radius 2 is 2.12 bits per heavy atom. The highest BCUT2D eigenvalue weighted by Gasteiger charge is 2.44. The zero-order valence-corrected chi connectivity index (χ0v) is 14.2. The van der Waals surface area contributed by atoms with Gasteiger partial charge in [-0.05, 0) is 34.7 Å². The SMILES string of the molecule is COC1c2ccccc2-c2c3c(cc4c2C1N(C(C)=O)CC4)OCO3. The molecule has 0 bridgehead atoms. The third-order valence-corrected chi connectivity index (χ3v) is 5.52. The summed E-state index contributed by atoms with van der Waals surface area (Å²) < 4.78 is 17.4. The first-order valence-electron chi connectivity index (χ1n) is 8.55. The molecular weight excluding hydrogens is 318 g/mol. The average Bonchev–Trinajstić information content (AvgIpc) is 3.09. The molecule has 2 atom stereocenters. The van der Waals surface area contributed by atoms with Crippen LogP contribution >= 0.6 is 0 Å². The van der Waals surface area contributed by atoms with Crippen LogP contribution in [0.2, 0.25) is 0 Å². The molecule has 5 rings (SSSR count). The normalized spacial score (nSPS) is 22.4. The van der Waals surface area contributed by atoms with Crippen molar-refractivity contribution in [1.29, 1.82) is 0 Å². The van der Waals surface area contributed by atoms with E-state index in [2.05, 4.69) is 18.2 Å². The first kappa shape index (κ1) is 14.8. The van der Waals surface area contributed by atoms with Crippen molar-refractivity contribution in [2.24, 2.45) is 0 Å². The maximum absolute atomic E-state index is 12.3. The number of fused-ring (bicyclic) bond motifs is 4. The van der Waals surface area contributed by atoms with Crippen LogP contribution in [0.1, 0.15) is 35.8 Å². The Morgan fingerprint density at radius 1 is 1.28 bits per heavy atom. The predicted octanol–water partition coefficient (Wildman–Crippen LogP) is 3.23. The van der Waals surface area contributed by atoms with Crippen LogP contribution in [-0.4, -0.2) is 31.3 Å². The molecule has 0 saturated heterocycles. The molecule has 0 spiro atoms. The fourth-order valence-corrected chi connectivity index (χ4v) is 4.52. The molecule has 2 aromatic carbocycles. The highest BCUT2D eigenvalue weighted by atomic mass is 16.7. The topological polar surface area (TPSA) is 48.0 Å². The van der Waals surface area contributed by atoms with Gasteiger partial charge in [-0.2, -0.15) is 0 Å². The number of carbonyl (C=O) groups is 1. The van der Waals surface area contributed by atoms with Gasteiger partial charge in [0.15, 0.2) is 11.5 Å². The molecule has 5 nitrogen and oxygen atoms in total. The van der Waals surface area contributed by atoms with Gasteiger partial charge < -0.3 is 19.1 Å². The van der Waals surface area contributed by atoms with Gasteiger partial charge >= 0.3 is 0 Å². The summed E-state index contributed by atoms with van der Waals surface area (Å²) in [5.74, 6) is 1.66. The van der Waals surface area contributed by atoms with Crippen molar-refractivity contribution in [2.45, 2.75) is 25.5 Å². The number of carbonyl (C=O) groups excluding carboxylic acids is 1. The first-order valence-corrected chi connectivity index (χ1v) is 8.55. The molecule has 0 N–H and O–H groups in total. The number of amides is 1. The maximum Gasteiger partial charge on any atom is 0.231 e. The predicted molar refractivity (Wildman–Crippen MR) is 91.6 cm³/mol. The van der Waals surface area contributed by atoms with Gasteiger partial charge in [0.05, 0.1) is 6.04 Å². The molecule has 2 aromatic rings. The standard InChI is InChI=1S/C20H19NO4/c1-11(22)21-8-7-12-9-15-20(25-10-24-15)17-13-5-3-4-6-14(13)19(23-2)18(21)16(12)17/h3-6,9,18-19H,7-8,10H2,1-2H3. The van der Waals surface area contributed by atoms with Crippen LogP contribution in [0, 0.1) is 0 Å². The van der Waals surface area contributed by atoms with Crippen LogP contribution in [0.4, 0.5) is 0 Å². The van der Waals surface area contributed by atoms with Crippen LogP contribution in [0.15, 0.2) is 30.3 Å². The Kier molecular flexibility index (Phi) is 3.09. The van der Waals surface area contributed by atoms with Gasteiger partial charge in [0, 0.05) is 26.1 Å². The Bertz CT molecular complexity index is 892. The zero-order chi connectivity index (χ0) is 17.1. The van der Waals surface area contributed by atoms with Crippen molar-refractivity contribution in [3.63, 3.8) is 0 Å². The maximum atomic E-state index is 12.3. The fourth-order valence-electron chi connectivity index (χ4n) is 4.52. The van der Waals surface area contributed by atoms with E-state index in [1.165, 1.54) is 5.56 Å². The minimum Gasteiger partial charge on any atom is -0.454 e. The van der Waals surface area contributed by atoms with Gasteiger partial charge in [-0.25, -0.2) is 0 Å². The zero-order valence-electron chi connectivity index (χ0n) is 14.2. The Morgan fingerprint density at radius 3 is 2.92 bits per heavy atom. The molecule has 2 heterocycles. The molecule has 0 aromatic heterocycles. The largest absolute Gasteiger partial charge is 0.454 e. The summed E-state index contributed by atoms with van der Waals surface area (Å²) in [6.07, 6.45) is 0.625. The summed E-state index contributed by atoms with van der Waals surface area (Å²) in [6, 6.07) is 10.2. The van der Waals surface area contributed by atoms with E-state index in [9.17, 15) is 4.79 Å². The van der Waals surface area contributed by atoms with E-state index in [1.54, 1.807) is 14.0 Å². The van der Waals surface area contributed by atoms with Gasteiger partial charge in [-0.15, -0.1) is 0 Å². The van der Waals surface area contributed by atoms with Gasteiger partial charge in [-0.1, -0.05) is 24.3 Å². The second-order valence-electron chi connectivity index (χ2n) is 6.71. The fraction of sp³-hybridized carbons (Fsp3) is 0.350. The molecule has 0 fully saturated rings. The number of nitrogens with zero attached hydrogens (tertiary/aromatic N) is 1. The van der Waals surface area contributed by atoms with Crippen molar-refractivity contribution in [3.05, 3.63) is 47.0 Å². The number of methoxy groups -OCH3 is 1. The van der Waals surface area contributed by atoms with Crippen LogP contribution in [0.5, 0.6) is 11.5 Å². The number of ether oxygens (including phenoxy) is 3. The van der Waals surface area contributed by atoms with Crippen molar-refractivity contribution in [3.8, 4) is 22.6 Å². The van der Waals surface area contributed by atoms with Crippen LogP contribution in [-0.2, 0) is 16.0 Å². The van der Waals surface area contributed by atoms with E-state index >= 15 is 0 Å². The second kappa shape index (κ2) is 5.23. The molecular formula is C20H19NO4. The quantitative estimate of drug-likeness (QED) is 0.802. The molecule has 2 aliphatic heterocycles. The van der Waals surface area contributed by atoms with E-state index in [1.807, 2.05) is 17.0 Å². The number of hydrogen-bond acceptors (Lipinski definition) is 4. The smallest absolute Gasteiger partial charge is 0.231 e. The number of benzene rings is 2. The molecule has 1 amide bonds. The molecule has 5 heteroatoms. The highest BCUT2D eigenvalue weighted by Crippen LogP contribution is 2.57. The van der Waals surface area contributed by atoms with Crippen molar-refractivity contribution in [1.82, 2.24) is 4.90 Å². The molecule has 1 aliphatic carbocycles. The van der Waals surface area contributed by atoms with Crippen molar-refractivity contribution < 1.29 is 19.0 Å². The van der Waals surface area contributed by atoms with Gasteiger partial charge in [-0.3, -0.25) is 4.79 Å². The first-order chi connectivity index (χ1) is 12.2. The van der Waals surface area contributed by atoms with Gasteiger partial charge in [0.25, 0.3) is 0 Å². The molecule has 3 aliphatic rings.